The lowest BCUT2D eigenvalue weighted by Gasteiger charge is -2.32. The lowest BCUT2D eigenvalue weighted by atomic mass is 9.98. The van der Waals surface area contributed by atoms with Crippen LogP contribution in [-0.4, -0.2) is 37.8 Å². The van der Waals surface area contributed by atoms with Gasteiger partial charge < -0.3 is 5.32 Å². The number of sulfonamides is 1. The van der Waals surface area contributed by atoms with E-state index in [4.69, 9.17) is 0 Å². The molecule has 6 heteroatoms. The van der Waals surface area contributed by atoms with Gasteiger partial charge in [-0.05, 0) is 44.7 Å². The number of amides is 1. The van der Waals surface area contributed by atoms with E-state index in [1.54, 1.807) is 24.3 Å². The number of hydrogen-bond donors (Lipinski definition) is 1. The van der Waals surface area contributed by atoms with Crippen molar-refractivity contribution in [1.29, 1.82) is 0 Å². The molecule has 1 saturated heterocycles. The van der Waals surface area contributed by atoms with Crippen LogP contribution < -0.4 is 5.32 Å². The number of nitrogens with one attached hydrogen (secondary N) is 1. The smallest absolute Gasteiger partial charge is 0.243 e. The van der Waals surface area contributed by atoms with Gasteiger partial charge in [0.25, 0.3) is 0 Å². The van der Waals surface area contributed by atoms with Crippen LogP contribution in [0.5, 0.6) is 0 Å². The Kier molecular flexibility index (Phi) is 6.40. The molecule has 24 heavy (non-hydrogen) atoms. The molecule has 1 N–H and O–H groups in total. The van der Waals surface area contributed by atoms with E-state index in [0.717, 1.165) is 24.8 Å². The molecule has 134 valence electrons. The fraction of sp³-hybridized carbons (Fsp3) is 0.611. The first-order valence-electron chi connectivity index (χ1n) is 8.75. The average molecular weight is 353 g/mol. The van der Waals surface area contributed by atoms with E-state index in [-0.39, 0.29) is 24.4 Å². The number of aryl methyl sites for hydroxylation is 1. The molecule has 1 aliphatic heterocycles. The number of rotatable bonds is 6. The molecule has 1 amide bonds. The molecule has 0 bridgehead atoms. The molecule has 0 spiro atoms. The van der Waals surface area contributed by atoms with Gasteiger partial charge in [-0.3, -0.25) is 4.79 Å². The monoisotopic (exact) mass is 352 g/mol. The van der Waals surface area contributed by atoms with Crippen molar-refractivity contribution in [3.05, 3.63) is 29.8 Å². The normalized spacial score (nSPS) is 19.4. The first-order valence-corrected chi connectivity index (χ1v) is 10.2. The quantitative estimate of drug-likeness (QED) is 0.856. The van der Waals surface area contributed by atoms with Gasteiger partial charge in [-0.1, -0.05) is 31.5 Å². The van der Waals surface area contributed by atoms with Crippen LogP contribution in [0.15, 0.2) is 29.2 Å². The van der Waals surface area contributed by atoms with E-state index in [1.807, 2.05) is 20.8 Å². The lowest BCUT2D eigenvalue weighted by molar-refractivity contribution is -0.126. The summed E-state index contributed by atoms with van der Waals surface area (Å²) < 4.78 is 27.0. The molecule has 1 aromatic carbocycles. The van der Waals surface area contributed by atoms with E-state index < -0.39 is 10.0 Å². The standard InChI is InChI=1S/C18H28N2O3S/c1-4-16(5-2)19-18(21)15-7-6-12-20(13-15)24(22,23)17-10-8-14(3)9-11-17/h8-11,15-16H,4-7,12-13H2,1-3H3,(H,19,21)/t15-/m1/s1. The van der Waals surface area contributed by atoms with Gasteiger partial charge in [0, 0.05) is 19.1 Å². The second kappa shape index (κ2) is 8.12. The maximum atomic E-state index is 12.8. The van der Waals surface area contributed by atoms with E-state index in [9.17, 15) is 13.2 Å². The molecule has 1 aliphatic rings. The third kappa shape index (κ3) is 4.36. The summed E-state index contributed by atoms with van der Waals surface area (Å²) in [6.45, 7) is 6.76. The third-order valence-corrected chi connectivity index (χ3v) is 6.63. The van der Waals surface area contributed by atoms with Crippen molar-refractivity contribution in [2.45, 2.75) is 57.4 Å². The number of benzene rings is 1. The molecule has 1 fully saturated rings. The van der Waals surface area contributed by atoms with Crippen LogP contribution in [0.1, 0.15) is 45.1 Å². The van der Waals surface area contributed by atoms with Crippen LogP contribution in [-0.2, 0) is 14.8 Å². The van der Waals surface area contributed by atoms with Crippen LogP contribution in [0.2, 0.25) is 0 Å². The molecular weight excluding hydrogens is 324 g/mol. The zero-order valence-electron chi connectivity index (χ0n) is 14.8. The van der Waals surface area contributed by atoms with Crippen LogP contribution in [0.25, 0.3) is 0 Å². The van der Waals surface area contributed by atoms with Crippen molar-refractivity contribution in [3.63, 3.8) is 0 Å². The summed E-state index contributed by atoms with van der Waals surface area (Å²) in [5.74, 6) is -0.285. The van der Waals surface area contributed by atoms with Gasteiger partial charge in [0.2, 0.25) is 15.9 Å². The molecule has 5 nitrogen and oxygen atoms in total. The molecule has 2 rings (SSSR count). The fourth-order valence-electron chi connectivity index (χ4n) is 3.05. The van der Waals surface area contributed by atoms with Crippen LogP contribution in [0.3, 0.4) is 0 Å². The van der Waals surface area contributed by atoms with Crippen molar-refractivity contribution >= 4 is 15.9 Å². The first-order chi connectivity index (χ1) is 11.4. The van der Waals surface area contributed by atoms with Crippen molar-refractivity contribution in [2.75, 3.05) is 13.1 Å². The predicted octanol–water partition coefficient (Wildman–Crippen LogP) is 2.70. The minimum Gasteiger partial charge on any atom is -0.353 e. The van der Waals surface area contributed by atoms with Gasteiger partial charge in [0.05, 0.1) is 10.8 Å². The van der Waals surface area contributed by atoms with E-state index >= 15 is 0 Å². The van der Waals surface area contributed by atoms with Gasteiger partial charge in [-0.2, -0.15) is 4.31 Å². The second-order valence-electron chi connectivity index (χ2n) is 6.54. The summed E-state index contributed by atoms with van der Waals surface area (Å²) in [6, 6.07) is 7.04. The van der Waals surface area contributed by atoms with Crippen molar-refractivity contribution in [2.24, 2.45) is 5.92 Å². The highest BCUT2D eigenvalue weighted by atomic mass is 32.2. The average Bonchev–Trinajstić information content (AvgIpc) is 2.60. The van der Waals surface area contributed by atoms with E-state index in [0.29, 0.717) is 17.9 Å². The van der Waals surface area contributed by atoms with Gasteiger partial charge in [-0.15, -0.1) is 0 Å². The highest BCUT2D eigenvalue weighted by Crippen LogP contribution is 2.24. The number of nitrogens with zero attached hydrogens (tertiary/aromatic N) is 1. The molecule has 0 aliphatic carbocycles. The maximum absolute atomic E-state index is 12.8. The third-order valence-electron chi connectivity index (χ3n) is 4.75. The summed E-state index contributed by atoms with van der Waals surface area (Å²) >= 11 is 0. The van der Waals surface area contributed by atoms with Crippen molar-refractivity contribution in [1.82, 2.24) is 9.62 Å². The Labute approximate surface area is 145 Å². The number of hydrogen-bond acceptors (Lipinski definition) is 3. The topological polar surface area (TPSA) is 66.5 Å². The first kappa shape index (κ1) is 18.9. The fourth-order valence-corrected chi connectivity index (χ4v) is 4.57. The Morgan fingerprint density at radius 3 is 2.46 bits per heavy atom. The number of carbonyl (C=O) groups excluding carboxylic acids is 1. The molecule has 1 aromatic rings. The summed E-state index contributed by atoms with van der Waals surface area (Å²) in [5.41, 5.74) is 1.02. The molecule has 1 heterocycles. The zero-order chi connectivity index (χ0) is 17.7. The minimum atomic E-state index is -3.53. The Morgan fingerprint density at radius 1 is 1.25 bits per heavy atom. The molecule has 1 atom stereocenters. The van der Waals surface area contributed by atoms with Crippen LogP contribution in [0.4, 0.5) is 0 Å². The van der Waals surface area contributed by atoms with Gasteiger partial charge in [0.15, 0.2) is 0 Å². The molecule has 0 saturated carbocycles. The highest BCUT2D eigenvalue weighted by Gasteiger charge is 2.33. The zero-order valence-corrected chi connectivity index (χ0v) is 15.6. The van der Waals surface area contributed by atoms with Gasteiger partial charge >= 0.3 is 0 Å². The van der Waals surface area contributed by atoms with Gasteiger partial charge in [0.1, 0.15) is 0 Å². The van der Waals surface area contributed by atoms with Crippen molar-refractivity contribution < 1.29 is 13.2 Å². The number of piperidine rings is 1. The lowest BCUT2D eigenvalue weighted by Crippen LogP contribution is -2.47. The summed E-state index contributed by atoms with van der Waals surface area (Å²) in [4.78, 5) is 12.7. The van der Waals surface area contributed by atoms with Crippen LogP contribution in [0, 0.1) is 12.8 Å². The molecule has 0 radical (unpaired) electrons. The van der Waals surface area contributed by atoms with Crippen LogP contribution >= 0.6 is 0 Å². The Morgan fingerprint density at radius 2 is 1.88 bits per heavy atom. The Bertz CT molecular complexity index is 651. The minimum absolute atomic E-state index is 0.0208. The Balaban J connectivity index is 2.09. The Hall–Kier alpha value is -1.40. The SMILES string of the molecule is CCC(CC)NC(=O)[C@@H]1CCCN(S(=O)(=O)c2ccc(C)cc2)C1. The summed E-state index contributed by atoms with van der Waals surface area (Å²) in [7, 11) is -3.53. The van der Waals surface area contributed by atoms with Gasteiger partial charge in [-0.25, -0.2) is 8.42 Å². The largest absolute Gasteiger partial charge is 0.353 e. The molecule has 0 unspecified atom stereocenters. The molecule has 0 aromatic heterocycles. The highest BCUT2D eigenvalue weighted by molar-refractivity contribution is 7.89. The molecular formula is C18H28N2O3S. The second-order valence-corrected chi connectivity index (χ2v) is 8.48. The van der Waals surface area contributed by atoms with Crippen molar-refractivity contribution in [3.8, 4) is 0 Å². The summed E-state index contributed by atoms with van der Waals surface area (Å²) in [5, 5.41) is 3.04. The maximum Gasteiger partial charge on any atom is 0.243 e. The summed E-state index contributed by atoms with van der Waals surface area (Å²) in [6.07, 6.45) is 3.23. The predicted molar refractivity (Wildman–Crippen MR) is 95.2 cm³/mol. The van der Waals surface area contributed by atoms with E-state index in [1.165, 1.54) is 4.31 Å². The number of carbonyl (C=O) groups is 1. The van der Waals surface area contributed by atoms with E-state index in [2.05, 4.69) is 5.32 Å².